The largest absolute Gasteiger partial charge is 0.466 e. The number of carbonyl (C=O) groups is 2. The van der Waals surface area contributed by atoms with Crippen molar-refractivity contribution in [3.05, 3.63) is 12.2 Å². The van der Waals surface area contributed by atoms with Gasteiger partial charge in [0.25, 0.3) is 10.1 Å². The molecule has 0 aromatic rings. The molecule has 0 aromatic carbocycles. The third-order valence-corrected chi connectivity index (χ3v) is 6.62. The summed E-state index contributed by atoms with van der Waals surface area (Å²) in [5.41, 5.74) is 0. The van der Waals surface area contributed by atoms with E-state index in [0.717, 1.165) is 19.3 Å². The average molecular weight is 491 g/mol. The molecule has 1 atom stereocenters. The van der Waals surface area contributed by atoms with Gasteiger partial charge in [-0.1, -0.05) is 109 Å². The molecular weight excluding hydrogens is 444 g/mol. The third-order valence-electron chi connectivity index (χ3n) is 5.54. The monoisotopic (exact) mass is 490 g/mol. The van der Waals surface area contributed by atoms with Crippen LogP contribution >= 0.6 is 0 Å². The zero-order chi connectivity index (χ0) is 24.8. The zero-order valence-corrected chi connectivity index (χ0v) is 21.6. The SMILES string of the molecule is C/C=C/COC(=O)C(CC(=O)OCCCCCCCCCCCCCCCCC)S(=O)(=O)O. The van der Waals surface area contributed by atoms with Crippen LogP contribution in [0.3, 0.4) is 0 Å². The maximum atomic E-state index is 11.9. The van der Waals surface area contributed by atoms with Crippen molar-refractivity contribution in [3.63, 3.8) is 0 Å². The predicted molar refractivity (Wildman–Crippen MR) is 132 cm³/mol. The molecule has 0 aromatic heterocycles. The summed E-state index contributed by atoms with van der Waals surface area (Å²) in [5, 5.41) is -1.96. The molecular formula is C25H46O7S. The summed E-state index contributed by atoms with van der Waals surface area (Å²) < 4.78 is 41.8. The second-order valence-corrected chi connectivity index (χ2v) is 10.2. The Bertz CT molecular complexity index is 629. The Hall–Kier alpha value is -1.41. The summed E-state index contributed by atoms with van der Waals surface area (Å²) in [6.45, 7) is 4.00. The van der Waals surface area contributed by atoms with Crippen molar-refractivity contribution in [3.8, 4) is 0 Å². The maximum Gasteiger partial charge on any atom is 0.327 e. The maximum absolute atomic E-state index is 11.9. The minimum Gasteiger partial charge on any atom is -0.466 e. The van der Waals surface area contributed by atoms with Crippen molar-refractivity contribution in [2.45, 2.75) is 122 Å². The number of allylic oxidation sites excluding steroid dienone is 1. The van der Waals surface area contributed by atoms with Crippen LogP contribution in [-0.2, 0) is 29.2 Å². The van der Waals surface area contributed by atoms with E-state index >= 15 is 0 Å². The van der Waals surface area contributed by atoms with Gasteiger partial charge in [0, 0.05) is 0 Å². The van der Waals surface area contributed by atoms with Crippen molar-refractivity contribution >= 4 is 22.1 Å². The van der Waals surface area contributed by atoms with Gasteiger partial charge in [-0.25, -0.2) is 0 Å². The molecule has 194 valence electrons. The van der Waals surface area contributed by atoms with Gasteiger partial charge in [-0.2, -0.15) is 8.42 Å². The number of rotatable bonds is 22. The lowest BCUT2D eigenvalue weighted by atomic mass is 10.0. The summed E-state index contributed by atoms with van der Waals surface area (Å²) in [7, 11) is -4.76. The minimum atomic E-state index is -4.76. The topological polar surface area (TPSA) is 107 Å². The van der Waals surface area contributed by atoms with Gasteiger partial charge in [0.15, 0.2) is 5.25 Å². The van der Waals surface area contributed by atoms with Crippen molar-refractivity contribution < 1.29 is 32.0 Å². The van der Waals surface area contributed by atoms with Crippen LogP contribution in [0.2, 0.25) is 0 Å². The van der Waals surface area contributed by atoms with Crippen LogP contribution in [0.15, 0.2) is 12.2 Å². The fourth-order valence-electron chi connectivity index (χ4n) is 3.50. The van der Waals surface area contributed by atoms with E-state index in [-0.39, 0.29) is 13.2 Å². The van der Waals surface area contributed by atoms with Crippen molar-refractivity contribution in [1.29, 1.82) is 0 Å². The van der Waals surface area contributed by atoms with Crippen molar-refractivity contribution in [2.75, 3.05) is 13.2 Å². The van der Waals surface area contributed by atoms with Crippen LogP contribution in [0, 0.1) is 0 Å². The molecule has 1 unspecified atom stereocenters. The Balaban J connectivity index is 3.71. The van der Waals surface area contributed by atoms with Crippen molar-refractivity contribution in [1.82, 2.24) is 0 Å². The van der Waals surface area contributed by atoms with Gasteiger partial charge >= 0.3 is 11.9 Å². The summed E-state index contributed by atoms with van der Waals surface area (Å²) in [4.78, 5) is 23.7. The summed E-state index contributed by atoms with van der Waals surface area (Å²) in [6, 6.07) is 0. The summed E-state index contributed by atoms with van der Waals surface area (Å²) in [6.07, 6.45) is 20.9. The smallest absolute Gasteiger partial charge is 0.327 e. The molecule has 0 fully saturated rings. The van der Waals surface area contributed by atoms with E-state index in [0.29, 0.717) is 6.42 Å². The van der Waals surface area contributed by atoms with Gasteiger partial charge in [-0.05, 0) is 13.3 Å². The number of ether oxygens (including phenoxy) is 2. The first kappa shape index (κ1) is 31.6. The Morgan fingerprint density at radius 2 is 1.24 bits per heavy atom. The molecule has 0 saturated heterocycles. The highest BCUT2D eigenvalue weighted by molar-refractivity contribution is 7.87. The van der Waals surface area contributed by atoms with Crippen molar-refractivity contribution in [2.24, 2.45) is 0 Å². The second kappa shape index (κ2) is 21.1. The molecule has 0 rings (SSSR count). The first-order valence-corrected chi connectivity index (χ1v) is 14.2. The molecule has 1 N–H and O–H groups in total. The number of carbonyl (C=O) groups excluding carboxylic acids is 2. The Morgan fingerprint density at radius 3 is 1.67 bits per heavy atom. The number of unbranched alkanes of at least 4 members (excludes halogenated alkanes) is 14. The lowest BCUT2D eigenvalue weighted by molar-refractivity contribution is -0.149. The molecule has 0 heterocycles. The molecule has 0 aliphatic rings. The Morgan fingerprint density at radius 1 is 0.788 bits per heavy atom. The standard InChI is InChI=1S/C25H46O7S/c1-3-5-7-8-9-10-11-12-13-14-15-16-17-18-19-21-31-24(26)22-23(33(28,29)30)25(27)32-20-6-4-2/h4,6,23H,3,5,7-22H2,1-2H3,(H,28,29,30)/b6-4+. The van der Waals surface area contributed by atoms with Gasteiger partial charge < -0.3 is 9.47 Å². The van der Waals surface area contributed by atoms with Gasteiger partial charge in [0.1, 0.15) is 6.61 Å². The minimum absolute atomic E-state index is 0.129. The Kier molecular flexibility index (Phi) is 20.2. The molecule has 0 spiro atoms. The molecule has 8 heteroatoms. The molecule has 0 aliphatic carbocycles. The predicted octanol–water partition coefficient (Wildman–Crippen LogP) is 6.17. The number of hydrogen-bond acceptors (Lipinski definition) is 6. The molecule has 0 bridgehead atoms. The Labute approximate surface area is 201 Å². The summed E-state index contributed by atoms with van der Waals surface area (Å²) >= 11 is 0. The van der Waals surface area contributed by atoms with E-state index in [4.69, 9.17) is 9.47 Å². The highest BCUT2D eigenvalue weighted by Gasteiger charge is 2.35. The van der Waals surface area contributed by atoms with Crippen LogP contribution in [0.5, 0.6) is 0 Å². The van der Waals surface area contributed by atoms with Crippen LogP contribution < -0.4 is 0 Å². The van der Waals surface area contributed by atoms with Gasteiger partial charge in [0.05, 0.1) is 13.0 Å². The molecule has 0 radical (unpaired) electrons. The molecule has 7 nitrogen and oxygen atoms in total. The molecule has 33 heavy (non-hydrogen) atoms. The van der Waals surface area contributed by atoms with Crippen LogP contribution in [0.4, 0.5) is 0 Å². The van der Waals surface area contributed by atoms with Gasteiger partial charge in [-0.3, -0.25) is 14.1 Å². The second-order valence-electron chi connectivity index (χ2n) is 8.58. The quantitative estimate of drug-likeness (QED) is 0.0837. The van der Waals surface area contributed by atoms with E-state index < -0.39 is 33.7 Å². The normalized spacial score (nSPS) is 12.7. The highest BCUT2D eigenvalue weighted by Crippen LogP contribution is 2.14. The van der Waals surface area contributed by atoms with E-state index in [1.54, 1.807) is 13.0 Å². The number of hydrogen-bond donors (Lipinski definition) is 1. The van der Waals surface area contributed by atoms with E-state index in [1.807, 2.05) is 0 Å². The zero-order valence-electron chi connectivity index (χ0n) is 20.8. The first-order chi connectivity index (χ1) is 15.8. The lowest BCUT2D eigenvalue weighted by Crippen LogP contribution is -2.34. The summed E-state index contributed by atoms with van der Waals surface area (Å²) in [5.74, 6) is -2.01. The molecule has 0 saturated carbocycles. The van der Waals surface area contributed by atoms with Gasteiger partial charge in [0.2, 0.25) is 0 Å². The fourth-order valence-corrected chi connectivity index (χ4v) is 4.16. The lowest BCUT2D eigenvalue weighted by Gasteiger charge is -2.12. The van der Waals surface area contributed by atoms with Crippen LogP contribution in [-0.4, -0.2) is 43.4 Å². The average Bonchev–Trinajstić information content (AvgIpc) is 2.76. The van der Waals surface area contributed by atoms with Crippen LogP contribution in [0.25, 0.3) is 0 Å². The molecule has 0 amide bonds. The van der Waals surface area contributed by atoms with E-state index in [9.17, 15) is 22.6 Å². The molecule has 0 aliphatic heterocycles. The van der Waals surface area contributed by atoms with E-state index in [1.165, 1.54) is 76.7 Å². The van der Waals surface area contributed by atoms with Gasteiger partial charge in [-0.15, -0.1) is 0 Å². The number of esters is 2. The van der Waals surface area contributed by atoms with Crippen LogP contribution in [0.1, 0.15) is 117 Å². The highest BCUT2D eigenvalue weighted by atomic mass is 32.2. The first-order valence-electron chi connectivity index (χ1n) is 12.7. The third kappa shape index (κ3) is 19.7. The fraction of sp³-hybridized carbons (Fsp3) is 0.840. The van der Waals surface area contributed by atoms with E-state index in [2.05, 4.69) is 6.92 Å².